The number of hydrogen-bond acceptors (Lipinski definition) is 3. The molecule has 96 valence electrons. The molecule has 1 aliphatic rings. The summed E-state index contributed by atoms with van der Waals surface area (Å²) in [6.45, 7) is 0.583. The molecule has 0 bridgehead atoms. The van der Waals surface area contributed by atoms with Crippen LogP contribution in [-0.4, -0.2) is 34.5 Å². The topological polar surface area (TPSA) is 83.6 Å². The Kier molecular flexibility index (Phi) is 3.62. The number of amides is 1. The fraction of sp³-hybridized carbons (Fsp3) is 0.385. The van der Waals surface area contributed by atoms with Crippen LogP contribution in [-0.2, 0) is 9.59 Å². The predicted molar refractivity (Wildman–Crippen MR) is 65.7 cm³/mol. The SMILES string of the molecule is NC(=O)C1CCCN1C(C(=O)O)c1ccccc1. The maximum Gasteiger partial charge on any atom is 0.325 e. The lowest BCUT2D eigenvalue weighted by molar-refractivity contribution is -0.144. The van der Waals surface area contributed by atoms with E-state index in [4.69, 9.17) is 5.73 Å². The van der Waals surface area contributed by atoms with Crippen molar-refractivity contribution in [2.24, 2.45) is 5.73 Å². The molecule has 1 fully saturated rings. The molecule has 1 aromatic carbocycles. The van der Waals surface area contributed by atoms with Crippen molar-refractivity contribution in [2.75, 3.05) is 6.54 Å². The highest BCUT2D eigenvalue weighted by Gasteiger charge is 2.38. The third-order valence-electron chi connectivity index (χ3n) is 3.30. The molecule has 0 saturated carbocycles. The van der Waals surface area contributed by atoms with Gasteiger partial charge in [-0.1, -0.05) is 30.3 Å². The number of benzene rings is 1. The second-order valence-electron chi connectivity index (χ2n) is 4.45. The van der Waals surface area contributed by atoms with Gasteiger partial charge in [-0.2, -0.15) is 0 Å². The summed E-state index contributed by atoms with van der Waals surface area (Å²) in [6, 6.07) is 7.65. The van der Waals surface area contributed by atoms with Gasteiger partial charge in [-0.15, -0.1) is 0 Å². The third kappa shape index (κ3) is 2.36. The zero-order chi connectivity index (χ0) is 13.1. The number of carbonyl (C=O) groups is 2. The maximum atomic E-state index is 11.5. The van der Waals surface area contributed by atoms with Gasteiger partial charge in [0.1, 0.15) is 6.04 Å². The first-order valence-corrected chi connectivity index (χ1v) is 5.94. The Labute approximate surface area is 105 Å². The van der Waals surface area contributed by atoms with Crippen molar-refractivity contribution in [1.29, 1.82) is 0 Å². The van der Waals surface area contributed by atoms with Gasteiger partial charge in [-0.25, -0.2) is 0 Å². The molecule has 3 N–H and O–H groups in total. The smallest absolute Gasteiger partial charge is 0.325 e. The molecule has 1 aromatic rings. The molecule has 1 saturated heterocycles. The van der Waals surface area contributed by atoms with Crippen LogP contribution in [0.5, 0.6) is 0 Å². The first-order chi connectivity index (χ1) is 8.61. The standard InChI is InChI=1S/C13H16N2O3/c14-12(16)10-7-4-8-15(10)11(13(17)18)9-5-2-1-3-6-9/h1-3,5-6,10-11H,4,7-8H2,(H2,14,16)(H,17,18). The molecule has 2 unspecified atom stereocenters. The number of carboxylic acid groups (broad SMARTS) is 1. The summed E-state index contributed by atoms with van der Waals surface area (Å²) in [4.78, 5) is 24.5. The van der Waals surface area contributed by atoms with E-state index < -0.39 is 24.0 Å². The first kappa shape index (κ1) is 12.6. The van der Waals surface area contributed by atoms with Crippen LogP contribution in [0, 0.1) is 0 Å². The minimum Gasteiger partial charge on any atom is -0.480 e. The van der Waals surface area contributed by atoms with Crippen molar-refractivity contribution in [2.45, 2.75) is 24.9 Å². The van der Waals surface area contributed by atoms with Gasteiger partial charge >= 0.3 is 5.97 Å². The van der Waals surface area contributed by atoms with Gasteiger partial charge in [-0.3, -0.25) is 14.5 Å². The molecule has 0 aromatic heterocycles. The Morgan fingerprint density at radius 2 is 2.00 bits per heavy atom. The third-order valence-corrected chi connectivity index (χ3v) is 3.30. The molecular formula is C13H16N2O3. The number of primary amides is 1. The zero-order valence-corrected chi connectivity index (χ0v) is 9.95. The molecule has 5 heteroatoms. The molecule has 5 nitrogen and oxygen atoms in total. The zero-order valence-electron chi connectivity index (χ0n) is 9.95. The maximum absolute atomic E-state index is 11.5. The largest absolute Gasteiger partial charge is 0.480 e. The van der Waals surface area contributed by atoms with Gasteiger partial charge in [-0.05, 0) is 18.4 Å². The highest BCUT2D eigenvalue weighted by molar-refractivity contribution is 5.82. The van der Waals surface area contributed by atoms with Crippen LogP contribution in [0.3, 0.4) is 0 Å². The van der Waals surface area contributed by atoms with Crippen molar-refractivity contribution < 1.29 is 14.7 Å². The Morgan fingerprint density at radius 3 is 2.56 bits per heavy atom. The van der Waals surface area contributed by atoms with Crippen LogP contribution in [0.4, 0.5) is 0 Å². The van der Waals surface area contributed by atoms with Gasteiger partial charge in [0, 0.05) is 6.54 Å². The van der Waals surface area contributed by atoms with Crippen molar-refractivity contribution in [3.8, 4) is 0 Å². The fourth-order valence-corrected chi connectivity index (χ4v) is 2.51. The minimum absolute atomic E-state index is 0.449. The van der Waals surface area contributed by atoms with Gasteiger partial charge in [0.05, 0.1) is 6.04 Å². The van der Waals surface area contributed by atoms with Gasteiger partial charge < -0.3 is 10.8 Å². The van der Waals surface area contributed by atoms with E-state index in [1.54, 1.807) is 29.2 Å². The molecule has 2 atom stereocenters. The molecule has 1 amide bonds. The van der Waals surface area contributed by atoms with Gasteiger partial charge in [0.2, 0.25) is 5.91 Å². The molecule has 1 heterocycles. The molecular weight excluding hydrogens is 232 g/mol. The Bertz CT molecular complexity index is 447. The lowest BCUT2D eigenvalue weighted by Gasteiger charge is -2.28. The highest BCUT2D eigenvalue weighted by atomic mass is 16.4. The normalized spacial score (nSPS) is 21.7. The fourth-order valence-electron chi connectivity index (χ4n) is 2.51. The summed E-state index contributed by atoms with van der Waals surface area (Å²) >= 11 is 0. The Hall–Kier alpha value is -1.88. The van der Waals surface area contributed by atoms with Crippen LogP contribution in [0.1, 0.15) is 24.4 Å². The lowest BCUT2D eigenvalue weighted by atomic mass is 10.0. The number of carboxylic acids is 1. The summed E-state index contributed by atoms with van der Waals surface area (Å²) in [5.41, 5.74) is 6.01. The number of nitrogens with two attached hydrogens (primary N) is 1. The van der Waals surface area contributed by atoms with Crippen LogP contribution in [0.2, 0.25) is 0 Å². The molecule has 0 radical (unpaired) electrons. The van der Waals surface area contributed by atoms with Crippen LogP contribution in [0.25, 0.3) is 0 Å². The van der Waals surface area contributed by atoms with E-state index in [0.29, 0.717) is 18.5 Å². The van der Waals surface area contributed by atoms with Crippen molar-refractivity contribution >= 4 is 11.9 Å². The molecule has 0 aliphatic carbocycles. The number of likely N-dealkylation sites (tertiary alicyclic amines) is 1. The summed E-state index contributed by atoms with van der Waals surface area (Å²) in [5.74, 6) is -1.40. The van der Waals surface area contributed by atoms with E-state index in [1.165, 1.54) is 0 Å². The van der Waals surface area contributed by atoms with E-state index in [-0.39, 0.29) is 0 Å². The minimum atomic E-state index is -0.950. The molecule has 2 rings (SSSR count). The van der Waals surface area contributed by atoms with Crippen LogP contribution >= 0.6 is 0 Å². The predicted octanol–water partition coefficient (Wildman–Crippen LogP) is 0.762. The van der Waals surface area contributed by atoms with E-state index in [2.05, 4.69) is 0 Å². The second-order valence-corrected chi connectivity index (χ2v) is 4.45. The van der Waals surface area contributed by atoms with E-state index in [0.717, 1.165) is 6.42 Å². The van der Waals surface area contributed by atoms with Crippen molar-refractivity contribution in [3.63, 3.8) is 0 Å². The average molecular weight is 248 g/mol. The van der Waals surface area contributed by atoms with Gasteiger partial charge in [0.15, 0.2) is 0 Å². The second kappa shape index (κ2) is 5.18. The monoisotopic (exact) mass is 248 g/mol. The lowest BCUT2D eigenvalue weighted by Crippen LogP contribution is -2.44. The Balaban J connectivity index is 2.31. The molecule has 18 heavy (non-hydrogen) atoms. The number of hydrogen-bond donors (Lipinski definition) is 2. The number of carbonyl (C=O) groups excluding carboxylic acids is 1. The average Bonchev–Trinajstić information content (AvgIpc) is 2.79. The highest BCUT2D eigenvalue weighted by Crippen LogP contribution is 2.29. The number of rotatable bonds is 4. The van der Waals surface area contributed by atoms with Crippen molar-refractivity contribution in [3.05, 3.63) is 35.9 Å². The summed E-state index contributed by atoms with van der Waals surface area (Å²) in [7, 11) is 0. The summed E-state index contributed by atoms with van der Waals surface area (Å²) in [5, 5.41) is 9.39. The van der Waals surface area contributed by atoms with E-state index >= 15 is 0 Å². The van der Waals surface area contributed by atoms with Crippen molar-refractivity contribution in [1.82, 2.24) is 4.90 Å². The Morgan fingerprint density at radius 1 is 1.33 bits per heavy atom. The van der Waals surface area contributed by atoms with E-state index in [1.807, 2.05) is 6.07 Å². The molecule has 0 spiro atoms. The van der Waals surface area contributed by atoms with Crippen LogP contribution in [0.15, 0.2) is 30.3 Å². The first-order valence-electron chi connectivity index (χ1n) is 5.94. The number of nitrogens with zero attached hydrogens (tertiary/aromatic N) is 1. The quantitative estimate of drug-likeness (QED) is 0.824. The summed E-state index contributed by atoms with van der Waals surface area (Å²) < 4.78 is 0. The summed E-state index contributed by atoms with van der Waals surface area (Å²) in [6.07, 6.45) is 1.43. The van der Waals surface area contributed by atoms with E-state index in [9.17, 15) is 14.7 Å². The van der Waals surface area contributed by atoms with Gasteiger partial charge in [0.25, 0.3) is 0 Å². The number of aliphatic carboxylic acids is 1. The molecule has 1 aliphatic heterocycles. The van der Waals surface area contributed by atoms with Crippen LogP contribution < -0.4 is 5.73 Å².